The molecule has 0 aliphatic heterocycles. The summed E-state index contributed by atoms with van der Waals surface area (Å²) in [7, 11) is 0. The maximum Gasteiger partial charge on any atom is 0.261 e. The summed E-state index contributed by atoms with van der Waals surface area (Å²) in [6.07, 6.45) is 3.93. The minimum Gasteiger partial charge on any atom is -0.351 e. The zero-order valence-corrected chi connectivity index (χ0v) is 18.3. The number of fused-ring (bicyclic) bond motifs is 1. The van der Waals surface area contributed by atoms with Gasteiger partial charge in [0, 0.05) is 18.0 Å². The highest BCUT2D eigenvalue weighted by Crippen LogP contribution is 2.22. The van der Waals surface area contributed by atoms with E-state index in [1.165, 1.54) is 11.3 Å². The Bertz CT molecular complexity index is 1120. The van der Waals surface area contributed by atoms with Gasteiger partial charge in [-0.1, -0.05) is 54.4 Å². The molecule has 2 aromatic heterocycles. The predicted molar refractivity (Wildman–Crippen MR) is 124 cm³/mol. The lowest BCUT2D eigenvalue weighted by molar-refractivity contribution is 0.0957. The van der Waals surface area contributed by atoms with Crippen LogP contribution in [-0.2, 0) is 13.0 Å². The Morgan fingerprint density at radius 3 is 2.67 bits per heavy atom. The molecule has 0 saturated heterocycles. The molecule has 6 heteroatoms. The van der Waals surface area contributed by atoms with Gasteiger partial charge in [0.25, 0.3) is 5.91 Å². The molecule has 0 fully saturated rings. The summed E-state index contributed by atoms with van der Waals surface area (Å²) < 4.78 is 2.27. The zero-order chi connectivity index (χ0) is 20.8. The fraction of sp³-hybridized carbons (Fsp3) is 0.250. The number of hydrogen-bond donors (Lipinski definition) is 1. The molecule has 4 aromatic rings. The van der Waals surface area contributed by atoms with Crippen LogP contribution in [0.25, 0.3) is 11.0 Å². The minimum absolute atomic E-state index is 0.0199. The van der Waals surface area contributed by atoms with E-state index in [9.17, 15) is 4.79 Å². The van der Waals surface area contributed by atoms with E-state index >= 15 is 0 Å². The fourth-order valence-corrected chi connectivity index (χ4v) is 4.41. The number of unbranched alkanes of at least 4 members (excludes halogenated alkanes) is 2. The van der Waals surface area contributed by atoms with E-state index in [0.29, 0.717) is 13.1 Å². The molecule has 154 valence electrons. The summed E-state index contributed by atoms with van der Waals surface area (Å²) in [6, 6.07) is 20.0. The first-order valence-electron chi connectivity index (χ1n) is 10.2. The van der Waals surface area contributed by atoms with Crippen LogP contribution in [0.5, 0.6) is 0 Å². The summed E-state index contributed by atoms with van der Waals surface area (Å²) >= 11 is 7.87. The number of carbonyl (C=O) groups is 1. The van der Waals surface area contributed by atoms with Gasteiger partial charge in [-0.3, -0.25) is 4.79 Å². The number of nitrogens with zero attached hydrogens (tertiary/aromatic N) is 2. The number of nitrogens with one attached hydrogen (secondary N) is 1. The van der Waals surface area contributed by atoms with Gasteiger partial charge in [0.15, 0.2) is 0 Å². The third kappa shape index (κ3) is 4.91. The number of aryl methyl sites for hydroxylation is 1. The molecule has 2 heterocycles. The SMILES string of the molecule is O=C(NCCCCCc1nc2ccccc2n1Cc1ccccc1Cl)c1cccs1. The number of para-hydroxylation sites is 2. The van der Waals surface area contributed by atoms with Gasteiger partial charge in [-0.05, 0) is 48.1 Å². The van der Waals surface area contributed by atoms with Gasteiger partial charge in [0.2, 0.25) is 0 Å². The van der Waals surface area contributed by atoms with E-state index < -0.39 is 0 Å². The minimum atomic E-state index is 0.0199. The molecule has 0 spiro atoms. The molecule has 30 heavy (non-hydrogen) atoms. The van der Waals surface area contributed by atoms with E-state index in [0.717, 1.165) is 58.0 Å². The van der Waals surface area contributed by atoms with Crippen molar-refractivity contribution in [2.45, 2.75) is 32.2 Å². The number of thiophene rings is 1. The first-order chi connectivity index (χ1) is 14.7. The van der Waals surface area contributed by atoms with Gasteiger partial charge in [-0.2, -0.15) is 0 Å². The highest BCUT2D eigenvalue weighted by atomic mass is 35.5. The second-order valence-electron chi connectivity index (χ2n) is 7.24. The van der Waals surface area contributed by atoms with Crippen LogP contribution in [-0.4, -0.2) is 22.0 Å². The first-order valence-corrected chi connectivity index (χ1v) is 11.5. The molecule has 4 nitrogen and oxygen atoms in total. The summed E-state index contributed by atoms with van der Waals surface area (Å²) in [4.78, 5) is 17.6. The van der Waals surface area contributed by atoms with Crippen molar-refractivity contribution in [3.8, 4) is 0 Å². The molecule has 0 bridgehead atoms. The molecule has 0 aliphatic carbocycles. The molecule has 1 amide bonds. The molecular weight excluding hydrogens is 414 g/mol. The molecule has 4 rings (SSSR count). The normalized spacial score (nSPS) is 11.1. The van der Waals surface area contributed by atoms with Gasteiger partial charge < -0.3 is 9.88 Å². The summed E-state index contributed by atoms with van der Waals surface area (Å²) in [5, 5.41) is 5.69. The largest absolute Gasteiger partial charge is 0.351 e. The van der Waals surface area contributed by atoms with Crippen LogP contribution in [0.3, 0.4) is 0 Å². The average Bonchev–Trinajstić information content (AvgIpc) is 3.41. The molecule has 1 N–H and O–H groups in total. The maximum atomic E-state index is 12.0. The van der Waals surface area contributed by atoms with Crippen molar-refractivity contribution in [3.63, 3.8) is 0 Å². The molecule has 0 aliphatic rings. The van der Waals surface area contributed by atoms with Crippen molar-refractivity contribution >= 4 is 39.9 Å². The number of aromatic nitrogens is 2. The van der Waals surface area contributed by atoms with E-state index in [1.54, 1.807) is 0 Å². The van der Waals surface area contributed by atoms with Gasteiger partial charge in [-0.15, -0.1) is 11.3 Å². The Kier molecular flexibility index (Phi) is 6.82. The van der Waals surface area contributed by atoms with Gasteiger partial charge >= 0.3 is 0 Å². The van der Waals surface area contributed by atoms with Crippen molar-refractivity contribution in [1.29, 1.82) is 0 Å². The highest BCUT2D eigenvalue weighted by molar-refractivity contribution is 7.12. The number of amides is 1. The molecule has 0 atom stereocenters. The fourth-order valence-electron chi connectivity index (χ4n) is 3.57. The third-order valence-corrected chi connectivity index (χ3v) is 6.36. The van der Waals surface area contributed by atoms with E-state index in [1.807, 2.05) is 47.8 Å². The summed E-state index contributed by atoms with van der Waals surface area (Å²) in [6.45, 7) is 1.42. The van der Waals surface area contributed by atoms with Crippen LogP contribution < -0.4 is 5.32 Å². The van der Waals surface area contributed by atoms with Gasteiger partial charge in [0.05, 0.1) is 22.5 Å². The standard InChI is InChI=1S/C24H24ClN3OS/c25-19-10-4-3-9-18(19)17-28-21-12-6-5-11-20(21)27-23(28)14-2-1-7-15-26-24(29)22-13-8-16-30-22/h3-6,8-13,16H,1-2,7,14-15,17H2,(H,26,29). The van der Waals surface area contributed by atoms with Crippen molar-refractivity contribution in [2.75, 3.05) is 6.54 Å². The second-order valence-corrected chi connectivity index (χ2v) is 8.59. The Labute approximate surface area is 185 Å². The monoisotopic (exact) mass is 437 g/mol. The smallest absolute Gasteiger partial charge is 0.261 e. The molecular formula is C24H24ClN3OS. The topological polar surface area (TPSA) is 46.9 Å². The second kappa shape index (κ2) is 9.92. The average molecular weight is 438 g/mol. The van der Waals surface area contributed by atoms with Crippen LogP contribution in [0.1, 0.15) is 40.3 Å². The number of halogens is 1. The Balaban J connectivity index is 1.35. The predicted octanol–water partition coefficient (Wildman–Crippen LogP) is 5.94. The lowest BCUT2D eigenvalue weighted by atomic mass is 10.1. The number of carbonyl (C=O) groups excluding carboxylic acids is 1. The number of hydrogen-bond acceptors (Lipinski definition) is 3. The van der Waals surface area contributed by atoms with E-state index in [4.69, 9.17) is 16.6 Å². The first kappa shape index (κ1) is 20.6. The Hall–Kier alpha value is -2.63. The van der Waals surface area contributed by atoms with E-state index in [2.05, 4.69) is 28.1 Å². The van der Waals surface area contributed by atoms with Crippen LogP contribution in [0.4, 0.5) is 0 Å². The van der Waals surface area contributed by atoms with Crippen LogP contribution >= 0.6 is 22.9 Å². The van der Waals surface area contributed by atoms with Crippen LogP contribution in [0, 0.1) is 0 Å². The van der Waals surface area contributed by atoms with Crippen molar-refractivity contribution in [2.24, 2.45) is 0 Å². The molecule has 0 radical (unpaired) electrons. The molecule has 0 unspecified atom stereocenters. The van der Waals surface area contributed by atoms with Gasteiger partial charge in [0.1, 0.15) is 5.82 Å². The van der Waals surface area contributed by atoms with Crippen molar-refractivity contribution < 1.29 is 4.79 Å². The number of benzene rings is 2. The van der Waals surface area contributed by atoms with Crippen molar-refractivity contribution in [3.05, 3.63) is 87.3 Å². The molecule has 2 aromatic carbocycles. The summed E-state index contributed by atoms with van der Waals surface area (Å²) in [5.41, 5.74) is 3.25. The Morgan fingerprint density at radius 2 is 1.83 bits per heavy atom. The highest BCUT2D eigenvalue weighted by Gasteiger charge is 2.12. The zero-order valence-electron chi connectivity index (χ0n) is 16.7. The number of imidazole rings is 1. The Morgan fingerprint density at radius 1 is 1.00 bits per heavy atom. The summed E-state index contributed by atoms with van der Waals surface area (Å²) in [5.74, 6) is 1.10. The quantitative estimate of drug-likeness (QED) is 0.329. The van der Waals surface area contributed by atoms with Crippen molar-refractivity contribution in [1.82, 2.24) is 14.9 Å². The number of rotatable bonds is 9. The van der Waals surface area contributed by atoms with E-state index in [-0.39, 0.29) is 5.91 Å². The van der Waals surface area contributed by atoms with Crippen LogP contribution in [0.2, 0.25) is 5.02 Å². The van der Waals surface area contributed by atoms with Gasteiger partial charge in [-0.25, -0.2) is 4.98 Å². The lowest BCUT2D eigenvalue weighted by Gasteiger charge is -2.11. The molecule has 0 saturated carbocycles. The lowest BCUT2D eigenvalue weighted by Crippen LogP contribution is -2.23. The maximum absolute atomic E-state index is 12.0. The third-order valence-electron chi connectivity index (χ3n) is 5.13. The van der Waals surface area contributed by atoms with Crippen LogP contribution in [0.15, 0.2) is 66.0 Å².